The van der Waals surface area contributed by atoms with Crippen LogP contribution in [0.15, 0.2) is 42.6 Å². The van der Waals surface area contributed by atoms with Gasteiger partial charge in [-0.1, -0.05) is 41.4 Å². The number of benzene rings is 2. The molecule has 1 aliphatic carbocycles. The smallest absolute Gasteiger partial charge is 0.306 e. The van der Waals surface area contributed by atoms with Gasteiger partial charge in [0.25, 0.3) is 5.91 Å². The third-order valence-electron chi connectivity index (χ3n) is 10.4. The molecule has 2 aromatic carbocycles. The number of anilines is 1. The van der Waals surface area contributed by atoms with Crippen LogP contribution in [-0.4, -0.2) is 88.9 Å². The number of carbonyl (C=O) groups excluding carboxylic acids is 2. The highest BCUT2D eigenvalue weighted by Crippen LogP contribution is 2.44. The van der Waals surface area contributed by atoms with E-state index < -0.39 is 23.6 Å². The molecule has 2 saturated heterocycles. The predicted molar refractivity (Wildman–Crippen MR) is 187 cm³/mol. The van der Waals surface area contributed by atoms with Crippen molar-refractivity contribution in [1.82, 2.24) is 14.4 Å². The molecule has 1 atom stereocenters. The SMILES string of the molecule is COC1(OC)CCCN1C(OC1CCC(C(=O)O)CC1)(C(=O)Cc1cc(Cl)c(NC(=O)c2cn(C)c3ccccc23)cc1Cl)N1CCCC1. The van der Waals surface area contributed by atoms with Gasteiger partial charge in [0.05, 0.1) is 28.3 Å². The van der Waals surface area contributed by atoms with Crippen molar-refractivity contribution in [2.24, 2.45) is 13.0 Å². The summed E-state index contributed by atoms with van der Waals surface area (Å²) in [6.07, 6.45) is 6.31. The number of hydrogen-bond donors (Lipinski definition) is 2. The summed E-state index contributed by atoms with van der Waals surface area (Å²) in [7, 11) is 5.02. The maximum Gasteiger partial charge on any atom is 0.306 e. The number of nitrogens with zero attached hydrogens (tertiary/aromatic N) is 3. The van der Waals surface area contributed by atoms with E-state index in [1.807, 2.05) is 40.8 Å². The number of hydrogen-bond acceptors (Lipinski definition) is 8. The number of amides is 1. The van der Waals surface area contributed by atoms with Crippen LogP contribution in [0.2, 0.25) is 10.0 Å². The highest BCUT2D eigenvalue weighted by atomic mass is 35.5. The first kappa shape index (κ1) is 35.8. The second-order valence-corrected chi connectivity index (χ2v) is 14.1. The summed E-state index contributed by atoms with van der Waals surface area (Å²) in [5.74, 6) is -4.57. The zero-order chi connectivity index (χ0) is 34.9. The maximum atomic E-state index is 15.0. The van der Waals surface area contributed by atoms with Crippen molar-refractivity contribution >= 4 is 57.5 Å². The molecule has 3 fully saturated rings. The first-order valence-corrected chi connectivity index (χ1v) is 17.7. The van der Waals surface area contributed by atoms with Crippen LogP contribution < -0.4 is 5.32 Å². The number of aliphatic carboxylic acids is 1. The number of ketones is 1. The topological polar surface area (TPSA) is 123 Å². The van der Waals surface area contributed by atoms with Gasteiger partial charge in [0.1, 0.15) is 0 Å². The summed E-state index contributed by atoms with van der Waals surface area (Å²) < 4.78 is 20.9. The Morgan fingerprint density at radius 1 is 0.980 bits per heavy atom. The first-order chi connectivity index (χ1) is 23.5. The molecule has 11 nitrogen and oxygen atoms in total. The molecule has 3 aliphatic rings. The Labute approximate surface area is 296 Å². The molecular formula is C36H44Cl2N4O7. The van der Waals surface area contributed by atoms with Crippen LogP contribution in [0.5, 0.6) is 0 Å². The first-order valence-electron chi connectivity index (χ1n) is 16.9. The Hall–Kier alpha value is -3.03. The second kappa shape index (κ2) is 14.7. The molecule has 0 spiro atoms. The average molecular weight is 716 g/mol. The zero-order valence-corrected chi connectivity index (χ0v) is 29.7. The van der Waals surface area contributed by atoms with E-state index in [1.54, 1.807) is 32.5 Å². The van der Waals surface area contributed by atoms with E-state index >= 15 is 4.79 Å². The molecular weight excluding hydrogens is 671 g/mol. The summed E-state index contributed by atoms with van der Waals surface area (Å²) in [4.78, 5) is 44.1. The molecule has 0 bridgehead atoms. The molecule has 1 unspecified atom stereocenters. The highest BCUT2D eigenvalue weighted by Gasteiger charge is 2.61. The third-order valence-corrected chi connectivity index (χ3v) is 11.1. The number of carboxylic acids is 1. The normalized spacial score (nSPS) is 22.7. The van der Waals surface area contributed by atoms with Crippen molar-refractivity contribution in [1.29, 1.82) is 0 Å². The Balaban J connectivity index is 1.32. The maximum absolute atomic E-state index is 15.0. The van der Waals surface area contributed by atoms with Crippen molar-refractivity contribution in [2.45, 2.75) is 75.7 Å². The van der Waals surface area contributed by atoms with E-state index in [0.717, 1.165) is 30.2 Å². The number of rotatable bonds is 12. The number of methoxy groups -OCH3 is 2. The number of carbonyl (C=O) groups is 3. The number of fused-ring (bicyclic) bond motifs is 1. The number of para-hydroxylation sites is 1. The third kappa shape index (κ3) is 6.74. The van der Waals surface area contributed by atoms with Crippen molar-refractivity contribution < 1.29 is 33.7 Å². The lowest BCUT2D eigenvalue weighted by Crippen LogP contribution is -2.72. The molecule has 2 aliphatic heterocycles. The van der Waals surface area contributed by atoms with Crippen LogP contribution in [0.3, 0.4) is 0 Å². The number of halogens is 2. The van der Waals surface area contributed by atoms with Gasteiger partial charge in [0, 0.05) is 75.9 Å². The van der Waals surface area contributed by atoms with Crippen LogP contribution in [0.25, 0.3) is 10.9 Å². The molecule has 2 N–H and O–H groups in total. The molecule has 49 heavy (non-hydrogen) atoms. The van der Waals surface area contributed by atoms with Gasteiger partial charge in [-0.3, -0.25) is 19.3 Å². The lowest BCUT2D eigenvalue weighted by atomic mass is 9.87. The summed E-state index contributed by atoms with van der Waals surface area (Å²) in [5, 5.41) is 13.8. The number of aromatic nitrogens is 1. The minimum Gasteiger partial charge on any atom is -0.481 e. The van der Waals surface area contributed by atoms with Crippen molar-refractivity contribution in [3.05, 3.63) is 63.8 Å². The number of likely N-dealkylation sites (tertiary alicyclic amines) is 2. The second-order valence-electron chi connectivity index (χ2n) is 13.3. The fourth-order valence-electron chi connectivity index (χ4n) is 7.86. The number of carboxylic acid groups (broad SMARTS) is 1. The average Bonchev–Trinajstić information content (AvgIpc) is 3.86. The van der Waals surface area contributed by atoms with Gasteiger partial charge in [0.2, 0.25) is 11.8 Å². The monoisotopic (exact) mass is 714 g/mol. The fourth-order valence-corrected chi connectivity index (χ4v) is 8.32. The molecule has 13 heteroatoms. The number of ether oxygens (including phenoxy) is 3. The van der Waals surface area contributed by atoms with E-state index in [-0.39, 0.29) is 34.3 Å². The van der Waals surface area contributed by atoms with Crippen molar-refractivity contribution in [2.75, 3.05) is 39.2 Å². The van der Waals surface area contributed by atoms with Crippen LogP contribution in [0.1, 0.15) is 67.3 Å². The van der Waals surface area contributed by atoms with Gasteiger partial charge >= 0.3 is 5.97 Å². The quantitative estimate of drug-likeness (QED) is 0.208. The van der Waals surface area contributed by atoms with Crippen molar-refractivity contribution in [3.8, 4) is 0 Å². The standard InChI is InChI=1S/C36H44Cl2N4O7/c1-40-22-27(26-9-4-5-10-31(26)40)33(44)39-30-21-28(37)24(19-29(30)38)20-32(43)36(41-16-6-7-17-41,42-18-8-15-35(42,47-2)48-3)49-25-13-11-23(12-14-25)34(45)46/h4-5,9-10,19,21-23,25H,6-8,11-18,20H2,1-3H3,(H,39,44)(H,45,46). The van der Waals surface area contributed by atoms with Gasteiger partial charge in [0.15, 0.2) is 5.78 Å². The molecule has 1 saturated carbocycles. The Kier molecular flexibility index (Phi) is 10.7. The minimum absolute atomic E-state index is 0.114. The van der Waals surface area contributed by atoms with E-state index in [4.69, 9.17) is 37.4 Å². The molecule has 1 aromatic heterocycles. The summed E-state index contributed by atoms with van der Waals surface area (Å²) >= 11 is 13.6. The largest absolute Gasteiger partial charge is 0.481 e. The van der Waals surface area contributed by atoms with Crippen LogP contribution in [-0.2, 0) is 37.3 Å². The highest BCUT2D eigenvalue weighted by molar-refractivity contribution is 6.36. The van der Waals surface area contributed by atoms with E-state index in [0.29, 0.717) is 68.6 Å². The lowest BCUT2D eigenvalue weighted by molar-refractivity contribution is -0.364. The number of aryl methyl sites for hydroxylation is 1. The Bertz CT molecular complexity index is 1710. The van der Waals surface area contributed by atoms with E-state index in [9.17, 15) is 14.7 Å². The Morgan fingerprint density at radius 2 is 1.67 bits per heavy atom. The van der Waals surface area contributed by atoms with E-state index in [1.165, 1.54) is 0 Å². The van der Waals surface area contributed by atoms with Gasteiger partial charge < -0.3 is 29.2 Å². The molecule has 1 amide bonds. The molecule has 3 heterocycles. The zero-order valence-electron chi connectivity index (χ0n) is 28.2. The van der Waals surface area contributed by atoms with Gasteiger partial charge in [-0.25, -0.2) is 4.90 Å². The minimum atomic E-state index is -1.56. The van der Waals surface area contributed by atoms with Gasteiger partial charge in [-0.05, 0) is 68.7 Å². The molecule has 6 rings (SSSR count). The lowest BCUT2D eigenvalue weighted by Gasteiger charge is -2.52. The number of Topliss-reactive ketones (excluding diaryl/α,β-unsaturated/α-hetero) is 1. The van der Waals surface area contributed by atoms with Gasteiger partial charge in [-0.2, -0.15) is 0 Å². The fraction of sp³-hybridized carbons (Fsp3) is 0.528. The van der Waals surface area contributed by atoms with Crippen LogP contribution in [0, 0.1) is 5.92 Å². The molecule has 3 aromatic rings. The summed E-state index contributed by atoms with van der Waals surface area (Å²) in [5.41, 5.74) is 2.24. The summed E-state index contributed by atoms with van der Waals surface area (Å²) in [6, 6.07) is 10.8. The van der Waals surface area contributed by atoms with Gasteiger partial charge in [-0.15, -0.1) is 0 Å². The predicted octanol–water partition coefficient (Wildman–Crippen LogP) is 6.30. The van der Waals surface area contributed by atoms with Crippen molar-refractivity contribution in [3.63, 3.8) is 0 Å². The summed E-state index contributed by atoms with van der Waals surface area (Å²) in [6.45, 7) is 1.75. The molecule has 0 radical (unpaired) electrons. The number of nitrogens with one attached hydrogen (secondary N) is 1. The molecule has 264 valence electrons. The van der Waals surface area contributed by atoms with E-state index in [2.05, 4.69) is 10.2 Å². The Morgan fingerprint density at radius 3 is 2.35 bits per heavy atom. The van der Waals surface area contributed by atoms with Crippen LogP contribution >= 0.6 is 23.2 Å². The van der Waals surface area contributed by atoms with Crippen LogP contribution in [0.4, 0.5) is 5.69 Å².